The summed E-state index contributed by atoms with van der Waals surface area (Å²) in [6, 6.07) is 10.7. The van der Waals surface area contributed by atoms with Crippen LogP contribution in [0.15, 0.2) is 30.3 Å². The normalized spacial score (nSPS) is 13.4. The molecule has 0 fully saturated rings. The van der Waals surface area contributed by atoms with E-state index in [2.05, 4.69) is 63.1 Å². The van der Waals surface area contributed by atoms with Gasteiger partial charge in [0.15, 0.2) is 0 Å². The van der Waals surface area contributed by atoms with Gasteiger partial charge in [-0.05, 0) is 29.0 Å². The molecule has 0 spiro atoms. The number of hydrogen-bond donors (Lipinski definition) is 1. The Morgan fingerprint density at radius 1 is 1.24 bits per heavy atom. The maximum absolute atomic E-state index is 6.50. The molecule has 0 aliphatic heterocycles. The Hall–Kier alpha value is -1.61. The molecule has 0 amide bonds. The van der Waals surface area contributed by atoms with Crippen LogP contribution in [0.25, 0.3) is 0 Å². The number of aryl methyl sites for hydroxylation is 2. The number of nitrogens with zero attached hydrogens (tertiary/aromatic N) is 2. The molecule has 2 aromatic rings. The van der Waals surface area contributed by atoms with Crippen LogP contribution in [-0.4, -0.2) is 9.78 Å². The van der Waals surface area contributed by atoms with Crippen LogP contribution in [0.4, 0.5) is 0 Å². The molecule has 1 aromatic carbocycles. The van der Waals surface area contributed by atoms with E-state index in [4.69, 9.17) is 5.73 Å². The van der Waals surface area contributed by atoms with E-state index in [-0.39, 0.29) is 11.5 Å². The molecule has 0 saturated carbocycles. The highest BCUT2D eigenvalue weighted by molar-refractivity contribution is 5.35. The number of nitrogens with two attached hydrogens (primary N) is 1. The minimum atomic E-state index is 0.000492. The van der Waals surface area contributed by atoms with Gasteiger partial charge >= 0.3 is 0 Å². The van der Waals surface area contributed by atoms with Gasteiger partial charge in [-0.1, -0.05) is 52.0 Å². The molecule has 1 aromatic heterocycles. The molecule has 0 bridgehead atoms. The van der Waals surface area contributed by atoms with Crippen molar-refractivity contribution in [3.05, 3.63) is 52.8 Å². The molecule has 0 aliphatic carbocycles. The van der Waals surface area contributed by atoms with Crippen molar-refractivity contribution in [3.63, 3.8) is 0 Å². The summed E-state index contributed by atoms with van der Waals surface area (Å²) < 4.78 is 1.96. The number of rotatable bonds is 4. The van der Waals surface area contributed by atoms with Gasteiger partial charge in [0.05, 0.1) is 5.69 Å². The van der Waals surface area contributed by atoms with Gasteiger partial charge in [0.1, 0.15) is 0 Å². The highest BCUT2D eigenvalue weighted by atomic mass is 15.3. The average molecular weight is 285 g/mol. The molecule has 1 unspecified atom stereocenters. The standard InChI is InChI=1S/C18H27N3/c1-6-13-11-14(21(5)20-13)12-17(19)15-9-7-8-10-16(15)18(2,3)4/h7-11,17H,6,12,19H2,1-5H3. The Kier molecular flexibility index (Phi) is 4.52. The van der Waals surface area contributed by atoms with E-state index >= 15 is 0 Å². The molecule has 0 saturated heterocycles. The first-order valence-electron chi connectivity index (χ1n) is 7.69. The third-order valence-electron chi connectivity index (χ3n) is 3.99. The zero-order valence-corrected chi connectivity index (χ0v) is 13.9. The highest BCUT2D eigenvalue weighted by Crippen LogP contribution is 2.30. The largest absolute Gasteiger partial charge is 0.324 e. The van der Waals surface area contributed by atoms with Crippen molar-refractivity contribution >= 4 is 0 Å². The lowest BCUT2D eigenvalue weighted by atomic mass is 9.81. The zero-order valence-electron chi connectivity index (χ0n) is 13.9. The van der Waals surface area contributed by atoms with Gasteiger partial charge in [-0.3, -0.25) is 4.68 Å². The molecule has 21 heavy (non-hydrogen) atoms. The molecule has 1 heterocycles. The minimum Gasteiger partial charge on any atom is -0.324 e. The van der Waals surface area contributed by atoms with Crippen molar-refractivity contribution in [2.24, 2.45) is 12.8 Å². The van der Waals surface area contributed by atoms with Crippen LogP contribution in [-0.2, 0) is 25.3 Å². The first-order valence-corrected chi connectivity index (χ1v) is 7.69. The van der Waals surface area contributed by atoms with Crippen molar-refractivity contribution < 1.29 is 0 Å². The molecule has 114 valence electrons. The summed E-state index contributed by atoms with van der Waals surface area (Å²) in [5.41, 5.74) is 11.5. The fourth-order valence-electron chi connectivity index (χ4n) is 2.77. The fraction of sp³-hybridized carbons (Fsp3) is 0.500. The second kappa shape index (κ2) is 6.02. The van der Waals surface area contributed by atoms with E-state index in [1.165, 1.54) is 16.8 Å². The quantitative estimate of drug-likeness (QED) is 0.934. The summed E-state index contributed by atoms with van der Waals surface area (Å²) in [6.07, 6.45) is 1.78. The van der Waals surface area contributed by atoms with Crippen molar-refractivity contribution in [1.82, 2.24) is 9.78 Å². The van der Waals surface area contributed by atoms with Crippen LogP contribution in [0, 0.1) is 0 Å². The molecular weight excluding hydrogens is 258 g/mol. The van der Waals surface area contributed by atoms with E-state index in [1.54, 1.807) is 0 Å². The van der Waals surface area contributed by atoms with Gasteiger partial charge in [0, 0.05) is 25.2 Å². The third kappa shape index (κ3) is 3.53. The van der Waals surface area contributed by atoms with Gasteiger partial charge in [0.2, 0.25) is 0 Å². The summed E-state index contributed by atoms with van der Waals surface area (Å²) in [7, 11) is 2.00. The highest BCUT2D eigenvalue weighted by Gasteiger charge is 2.21. The van der Waals surface area contributed by atoms with E-state index in [0.717, 1.165) is 18.5 Å². The summed E-state index contributed by atoms with van der Waals surface area (Å²) in [6.45, 7) is 8.83. The van der Waals surface area contributed by atoms with Crippen molar-refractivity contribution in [1.29, 1.82) is 0 Å². The molecule has 1 atom stereocenters. The minimum absolute atomic E-state index is 0.000492. The molecule has 0 radical (unpaired) electrons. The molecular formula is C18H27N3. The summed E-state index contributed by atoms with van der Waals surface area (Å²) in [5, 5.41) is 4.51. The van der Waals surface area contributed by atoms with Crippen LogP contribution in [0.2, 0.25) is 0 Å². The number of benzene rings is 1. The lowest BCUT2D eigenvalue weighted by molar-refractivity contribution is 0.563. The lowest BCUT2D eigenvalue weighted by Gasteiger charge is -2.25. The molecule has 2 rings (SSSR count). The maximum atomic E-state index is 6.50. The van der Waals surface area contributed by atoms with Gasteiger partial charge in [-0.15, -0.1) is 0 Å². The smallest absolute Gasteiger partial charge is 0.0624 e. The summed E-state index contributed by atoms with van der Waals surface area (Å²) in [5.74, 6) is 0. The first-order chi connectivity index (χ1) is 9.82. The Balaban J connectivity index is 2.28. The van der Waals surface area contributed by atoms with Crippen molar-refractivity contribution in [3.8, 4) is 0 Å². The topological polar surface area (TPSA) is 43.8 Å². The Morgan fingerprint density at radius 3 is 2.48 bits per heavy atom. The van der Waals surface area contributed by atoms with Crippen LogP contribution in [0.3, 0.4) is 0 Å². The van der Waals surface area contributed by atoms with Crippen LogP contribution >= 0.6 is 0 Å². The van der Waals surface area contributed by atoms with Crippen molar-refractivity contribution in [2.75, 3.05) is 0 Å². The van der Waals surface area contributed by atoms with Gasteiger partial charge in [-0.25, -0.2) is 0 Å². The summed E-state index contributed by atoms with van der Waals surface area (Å²) >= 11 is 0. The second-order valence-electron chi connectivity index (χ2n) is 6.75. The van der Waals surface area contributed by atoms with Gasteiger partial charge in [-0.2, -0.15) is 5.10 Å². The summed E-state index contributed by atoms with van der Waals surface area (Å²) in [4.78, 5) is 0. The number of hydrogen-bond acceptors (Lipinski definition) is 2. The molecule has 3 nitrogen and oxygen atoms in total. The van der Waals surface area contributed by atoms with E-state index < -0.39 is 0 Å². The zero-order chi connectivity index (χ0) is 15.6. The van der Waals surface area contributed by atoms with Gasteiger partial charge < -0.3 is 5.73 Å². The van der Waals surface area contributed by atoms with Crippen LogP contribution in [0.1, 0.15) is 56.3 Å². The Bertz CT molecular complexity index is 605. The lowest BCUT2D eigenvalue weighted by Crippen LogP contribution is -2.22. The maximum Gasteiger partial charge on any atom is 0.0624 e. The predicted octanol–water partition coefficient (Wildman–Crippen LogP) is 3.52. The number of aromatic nitrogens is 2. The van der Waals surface area contributed by atoms with E-state index in [1.807, 2.05) is 11.7 Å². The van der Waals surface area contributed by atoms with Crippen molar-refractivity contribution in [2.45, 2.75) is 52.0 Å². The van der Waals surface area contributed by atoms with E-state index in [0.29, 0.717) is 0 Å². The second-order valence-corrected chi connectivity index (χ2v) is 6.75. The molecule has 3 heteroatoms. The molecule has 0 aliphatic rings. The van der Waals surface area contributed by atoms with Crippen LogP contribution in [0.5, 0.6) is 0 Å². The first kappa shape index (κ1) is 15.8. The monoisotopic (exact) mass is 285 g/mol. The Labute approximate surface area is 128 Å². The van der Waals surface area contributed by atoms with E-state index in [9.17, 15) is 0 Å². The molecule has 2 N–H and O–H groups in total. The van der Waals surface area contributed by atoms with Crippen LogP contribution < -0.4 is 5.73 Å². The third-order valence-corrected chi connectivity index (χ3v) is 3.99. The van der Waals surface area contributed by atoms with Gasteiger partial charge in [0.25, 0.3) is 0 Å². The average Bonchev–Trinajstić information content (AvgIpc) is 2.78. The predicted molar refractivity (Wildman–Crippen MR) is 88.4 cm³/mol. The Morgan fingerprint density at radius 2 is 1.90 bits per heavy atom. The fourth-order valence-corrected chi connectivity index (χ4v) is 2.77. The SMILES string of the molecule is CCc1cc(CC(N)c2ccccc2C(C)(C)C)n(C)n1.